The largest absolute Gasteiger partial charge is 0.391 e. The molecule has 1 aliphatic rings. The first-order chi connectivity index (χ1) is 11.1. The minimum Gasteiger partial charge on any atom is -0.391 e. The van der Waals surface area contributed by atoms with Crippen molar-refractivity contribution in [1.29, 1.82) is 0 Å². The van der Waals surface area contributed by atoms with Crippen LogP contribution in [0.5, 0.6) is 0 Å². The Kier molecular flexibility index (Phi) is 7.14. The molecule has 2 rings (SSSR count). The molecule has 0 bridgehead atoms. The molecule has 1 aromatic rings. The molecule has 5 nitrogen and oxygen atoms in total. The minimum atomic E-state index is -0.698. The van der Waals surface area contributed by atoms with E-state index in [4.69, 9.17) is 4.74 Å². The minimum absolute atomic E-state index is 0.162. The van der Waals surface area contributed by atoms with Crippen molar-refractivity contribution < 1.29 is 19.1 Å². The van der Waals surface area contributed by atoms with Crippen molar-refractivity contribution in [2.75, 3.05) is 6.54 Å². The van der Waals surface area contributed by atoms with Crippen LogP contribution in [0.2, 0.25) is 0 Å². The van der Waals surface area contributed by atoms with Crippen molar-refractivity contribution in [2.24, 2.45) is 0 Å². The summed E-state index contributed by atoms with van der Waals surface area (Å²) < 4.78 is 4.67. The monoisotopic (exact) mass is 353 g/mol. The van der Waals surface area contributed by atoms with Gasteiger partial charge in [-0.15, -0.1) is 0 Å². The van der Waals surface area contributed by atoms with Crippen LogP contribution in [0.15, 0.2) is 30.3 Å². The highest BCUT2D eigenvalue weighted by molar-refractivity contribution is 8.38. The third kappa shape index (κ3) is 6.01. The predicted molar refractivity (Wildman–Crippen MR) is 92.3 cm³/mol. The molecule has 0 aliphatic carbocycles. The Balaban J connectivity index is 1.72. The third-order valence-electron chi connectivity index (χ3n) is 3.35. The second-order valence-corrected chi connectivity index (χ2v) is 7.69. The van der Waals surface area contributed by atoms with Gasteiger partial charge in [0.15, 0.2) is 0 Å². The maximum atomic E-state index is 11.9. The standard InChI is InChI=1S/C16H19NO4S2/c1-11(14(18)21-15(19)13-8-5-9-17-13)23-16(20)22-10-12-6-3-2-4-7-12/h2-4,6-7,11,13,17H,5,8-10H2,1H3/t11?,13-/m0/s1. The van der Waals surface area contributed by atoms with Crippen molar-refractivity contribution >= 4 is 39.9 Å². The molecule has 0 aromatic heterocycles. The summed E-state index contributed by atoms with van der Waals surface area (Å²) in [5.41, 5.74) is 1.05. The Bertz CT molecular complexity index is 558. The van der Waals surface area contributed by atoms with E-state index in [-0.39, 0.29) is 4.45 Å². The van der Waals surface area contributed by atoms with Gasteiger partial charge in [0.05, 0.1) is 0 Å². The van der Waals surface area contributed by atoms with Crippen molar-refractivity contribution in [3.8, 4) is 0 Å². The van der Waals surface area contributed by atoms with E-state index in [1.54, 1.807) is 6.92 Å². The number of carbonyl (C=O) groups excluding carboxylic acids is 3. The average Bonchev–Trinajstić information content (AvgIpc) is 3.08. The van der Waals surface area contributed by atoms with Gasteiger partial charge in [0, 0.05) is 5.75 Å². The first kappa shape index (κ1) is 18.0. The summed E-state index contributed by atoms with van der Waals surface area (Å²) in [4.78, 5) is 35.5. The van der Waals surface area contributed by atoms with Crippen LogP contribution in [-0.4, -0.2) is 34.2 Å². The van der Waals surface area contributed by atoms with Crippen molar-refractivity contribution in [3.63, 3.8) is 0 Å². The number of hydrogen-bond acceptors (Lipinski definition) is 7. The molecule has 1 heterocycles. The number of esters is 2. The molecule has 1 aliphatic heterocycles. The fraction of sp³-hybridized carbons (Fsp3) is 0.438. The van der Waals surface area contributed by atoms with Gasteiger partial charge in [-0.1, -0.05) is 53.9 Å². The topological polar surface area (TPSA) is 72.5 Å². The Morgan fingerprint density at radius 3 is 2.70 bits per heavy atom. The van der Waals surface area contributed by atoms with Crippen LogP contribution in [-0.2, 0) is 20.1 Å². The summed E-state index contributed by atoms with van der Waals surface area (Å²) in [6.45, 7) is 2.33. The number of thioether (sulfide) groups is 2. The maximum absolute atomic E-state index is 11.9. The number of nitrogens with one attached hydrogen (secondary N) is 1. The van der Waals surface area contributed by atoms with Gasteiger partial charge in [-0.3, -0.25) is 9.59 Å². The smallest absolute Gasteiger partial charge is 0.330 e. The number of ether oxygens (including phenoxy) is 1. The lowest BCUT2D eigenvalue weighted by Crippen LogP contribution is -2.35. The number of benzene rings is 1. The molecule has 124 valence electrons. The second kappa shape index (κ2) is 9.10. The Labute approximate surface area is 143 Å². The van der Waals surface area contributed by atoms with Gasteiger partial charge in [-0.2, -0.15) is 0 Å². The molecule has 1 saturated heterocycles. The number of rotatable bonds is 5. The fourth-order valence-electron chi connectivity index (χ4n) is 2.08. The lowest BCUT2D eigenvalue weighted by molar-refractivity contribution is -0.160. The van der Waals surface area contributed by atoms with Crippen LogP contribution in [0.1, 0.15) is 25.3 Å². The summed E-state index contributed by atoms with van der Waals surface area (Å²) in [6, 6.07) is 9.22. The van der Waals surface area contributed by atoms with E-state index in [2.05, 4.69) is 5.32 Å². The molecule has 0 spiro atoms. The average molecular weight is 353 g/mol. The summed E-state index contributed by atoms with van der Waals surface area (Å²) in [6.07, 6.45) is 1.58. The van der Waals surface area contributed by atoms with E-state index >= 15 is 0 Å². The van der Waals surface area contributed by atoms with Crippen LogP contribution in [0, 0.1) is 0 Å². The zero-order chi connectivity index (χ0) is 16.7. The van der Waals surface area contributed by atoms with Crippen molar-refractivity contribution in [2.45, 2.75) is 36.8 Å². The molecule has 23 heavy (non-hydrogen) atoms. The van der Waals surface area contributed by atoms with Crippen molar-refractivity contribution in [1.82, 2.24) is 5.32 Å². The quantitative estimate of drug-likeness (QED) is 0.644. The van der Waals surface area contributed by atoms with E-state index in [1.165, 1.54) is 0 Å². The first-order valence-electron chi connectivity index (χ1n) is 7.42. The van der Waals surface area contributed by atoms with Crippen molar-refractivity contribution in [3.05, 3.63) is 35.9 Å². The Hall–Kier alpha value is -1.31. The molecule has 1 aromatic carbocycles. The number of hydrogen-bond donors (Lipinski definition) is 1. The molecule has 1 fully saturated rings. The van der Waals surface area contributed by atoms with Gasteiger partial charge in [0.2, 0.25) is 4.45 Å². The van der Waals surface area contributed by atoms with Gasteiger partial charge < -0.3 is 10.1 Å². The molecule has 0 saturated carbocycles. The molecule has 1 unspecified atom stereocenters. The maximum Gasteiger partial charge on any atom is 0.330 e. The van der Waals surface area contributed by atoms with Gasteiger partial charge in [0.25, 0.3) is 0 Å². The van der Waals surface area contributed by atoms with Crippen LogP contribution in [0.4, 0.5) is 4.79 Å². The first-order valence-corrected chi connectivity index (χ1v) is 9.29. The predicted octanol–water partition coefficient (Wildman–Crippen LogP) is 2.98. The van der Waals surface area contributed by atoms with E-state index < -0.39 is 23.2 Å². The normalized spacial score (nSPS) is 18.4. The van der Waals surface area contributed by atoms with Crippen LogP contribution in [0.3, 0.4) is 0 Å². The molecule has 7 heteroatoms. The summed E-state index contributed by atoms with van der Waals surface area (Å²) in [7, 11) is 0. The van der Waals surface area contributed by atoms with Gasteiger partial charge in [0.1, 0.15) is 11.3 Å². The third-order valence-corrected chi connectivity index (χ3v) is 5.44. The van der Waals surface area contributed by atoms with E-state index in [0.29, 0.717) is 12.2 Å². The zero-order valence-corrected chi connectivity index (χ0v) is 14.5. The molecular formula is C16H19NO4S2. The molecule has 1 N–H and O–H groups in total. The zero-order valence-electron chi connectivity index (χ0n) is 12.8. The highest BCUT2D eigenvalue weighted by Crippen LogP contribution is 2.25. The SMILES string of the molecule is CC(SC(=O)SCc1ccccc1)C(=O)OC(=O)[C@@H]1CCCN1. The number of carbonyl (C=O) groups is 3. The molecule has 0 radical (unpaired) electrons. The van der Waals surface area contributed by atoms with Crippen LogP contribution >= 0.6 is 23.5 Å². The van der Waals surface area contributed by atoms with Crippen LogP contribution in [0.25, 0.3) is 0 Å². The highest BCUT2D eigenvalue weighted by atomic mass is 32.2. The summed E-state index contributed by atoms with van der Waals surface area (Å²) >= 11 is 2.03. The summed E-state index contributed by atoms with van der Waals surface area (Å²) in [5.74, 6) is -0.661. The van der Waals surface area contributed by atoms with Crippen LogP contribution < -0.4 is 5.32 Å². The fourth-order valence-corrected chi connectivity index (χ4v) is 3.87. The molecule has 0 amide bonds. The molecular weight excluding hydrogens is 334 g/mol. The Morgan fingerprint density at radius 2 is 2.04 bits per heavy atom. The van der Waals surface area contributed by atoms with Gasteiger partial charge >= 0.3 is 11.9 Å². The highest BCUT2D eigenvalue weighted by Gasteiger charge is 2.28. The van der Waals surface area contributed by atoms with E-state index in [9.17, 15) is 14.4 Å². The van der Waals surface area contributed by atoms with Gasteiger partial charge in [-0.25, -0.2) is 4.79 Å². The molecule has 2 atom stereocenters. The van der Waals surface area contributed by atoms with E-state index in [1.807, 2.05) is 30.3 Å². The van der Waals surface area contributed by atoms with E-state index in [0.717, 1.165) is 42.1 Å². The van der Waals surface area contributed by atoms with Gasteiger partial charge in [-0.05, 0) is 31.9 Å². The Morgan fingerprint density at radius 1 is 1.30 bits per heavy atom. The second-order valence-electron chi connectivity index (χ2n) is 5.17. The summed E-state index contributed by atoms with van der Waals surface area (Å²) in [5, 5.41) is 2.28. The lowest BCUT2D eigenvalue weighted by Gasteiger charge is -2.12. The lowest BCUT2D eigenvalue weighted by atomic mass is 10.2.